The Morgan fingerprint density at radius 1 is 1.05 bits per heavy atom. The lowest BCUT2D eigenvalue weighted by atomic mass is 9.81. The predicted octanol–water partition coefficient (Wildman–Crippen LogP) is 5.29. The van der Waals surface area contributed by atoms with Crippen molar-refractivity contribution in [2.24, 2.45) is 11.3 Å². The Balaban J connectivity index is 2.50. The van der Waals surface area contributed by atoms with Crippen LogP contribution < -0.4 is 9.47 Å². The van der Waals surface area contributed by atoms with E-state index in [1.165, 1.54) is 6.42 Å². The van der Waals surface area contributed by atoms with Crippen LogP contribution in [0.1, 0.15) is 26.7 Å². The van der Waals surface area contributed by atoms with Crippen molar-refractivity contribution < 1.29 is 9.47 Å². The minimum atomic E-state index is 0.265. The number of methoxy groups -OCH3 is 1. The molecule has 0 saturated heterocycles. The Morgan fingerprint density at radius 2 is 1.60 bits per heavy atom. The van der Waals surface area contributed by atoms with Crippen LogP contribution in [0.15, 0.2) is 24.3 Å². The fourth-order valence-corrected chi connectivity index (χ4v) is 4.25. The van der Waals surface area contributed by atoms with Crippen LogP contribution in [0.25, 0.3) is 0 Å². The van der Waals surface area contributed by atoms with Crippen LogP contribution in [0.2, 0.25) is 0 Å². The normalized spacial score (nSPS) is 11.7. The first-order valence-corrected chi connectivity index (χ1v) is 9.18. The largest absolute Gasteiger partial charge is 0.497 e. The Bertz CT molecular complexity index is 373. The second-order valence-electron chi connectivity index (χ2n) is 5.64. The summed E-state index contributed by atoms with van der Waals surface area (Å²) in [5.74, 6) is 2.44. The highest BCUT2D eigenvalue weighted by Crippen LogP contribution is 2.34. The monoisotopic (exact) mass is 406 g/mol. The number of hydrogen-bond donors (Lipinski definition) is 0. The van der Waals surface area contributed by atoms with E-state index >= 15 is 0 Å². The first-order chi connectivity index (χ1) is 9.55. The molecule has 0 fully saturated rings. The molecule has 0 aliphatic rings. The zero-order chi connectivity index (χ0) is 15.0. The average Bonchev–Trinajstić information content (AvgIpc) is 2.46. The summed E-state index contributed by atoms with van der Waals surface area (Å²) in [6.07, 6.45) is 2.23. The molecule has 20 heavy (non-hydrogen) atoms. The van der Waals surface area contributed by atoms with Crippen molar-refractivity contribution in [1.29, 1.82) is 0 Å². The van der Waals surface area contributed by atoms with E-state index in [2.05, 4.69) is 45.7 Å². The molecule has 1 rings (SSSR count). The molecule has 0 unspecified atom stereocenters. The van der Waals surface area contributed by atoms with Gasteiger partial charge >= 0.3 is 0 Å². The zero-order valence-electron chi connectivity index (χ0n) is 12.5. The molecule has 0 atom stereocenters. The van der Waals surface area contributed by atoms with Crippen molar-refractivity contribution in [1.82, 2.24) is 0 Å². The van der Waals surface area contributed by atoms with E-state index in [-0.39, 0.29) is 5.41 Å². The highest BCUT2D eigenvalue weighted by atomic mass is 79.9. The first-order valence-electron chi connectivity index (χ1n) is 6.94. The molecule has 0 amide bonds. The van der Waals surface area contributed by atoms with Crippen LogP contribution in [-0.2, 0) is 0 Å². The molecule has 0 aromatic heterocycles. The summed E-state index contributed by atoms with van der Waals surface area (Å²) >= 11 is 7.33. The van der Waals surface area contributed by atoms with Crippen LogP contribution in [0.3, 0.4) is 0 Å². The topological polar surface area (TPSA) is 18.5 Å². The quantitative estimate of drug-likeness (QED) is 0.518. The number of alkyl halides is 2. The highest BCUT2D eigenvalue weighted by molar-refractivity contribution is 9.09. The lowest BCUT2D eigenvalue weighted by Gasteiger charge is -2.31. The van der Waals surface area contributed by atoms with Gasteiger partial charge in [0.25, 0.3) is 0 Å². The number of rotatable bonds is 9. The maximum absolute atomic E-state index is 5.85. The third-order valence-electron chi connectivity index (χ3n) is 3.37. The van der Waals surface area contributed by atoms with Gasteiger partial charge in [0.1, 0.15) is 11.5 Å². The summed E-state index contributed by atoms with van der Waals surface area (Å²) < 4.78 is 11.0. The minimum absolute atomic E-state index is 0.265. The van der Waals surface area contributed by atoms with Gasteiger partial charge in [0.15, 0.2) is 0 Å². The van der Waals surface area contributed by atoms with Crippen LogP contribution >= 0.6 is 31.9 Å². The molecule has 0 N–H and O–H groups in total. The summed E-state index contributed by atoms with van der Waals surface area (Å²) in [5.41, 5.74) is 0.265. The van der Waals surface area contributed by atoms with Gasteiger partial charge in [-0.05, 0) is 48.4 Å². The molecule has 2 nitrogen and oxygen atoms in total. The Hall–Kier alpha value is -0.220. The van der Waals surface area contributed by atoms with Crippen molar-refractivity contribution in [2.75, 3.05) is 24.4 Å². The van der Waals surface area contributed by atoms with Gasteiger partial charge in [-0.25, -0.2) is 0 Å². The Morgan fingerprint density at radius 3 is 2.05 bits per heavy atom. The molecule has 0 saturated carbocycles. The number of hydrogen-bond acceptors (Lipinski definition) is 2. The molecule has 0 spiro atoms. The molecular weight excluding hydrogens is 384 g/mol. The van der Waals surface area contributed by atoms with Crippen LogP contribution in [-0.4, -0.2) is 24.4 Å². The van der Waals surface area contributed by atoms with Crippen molar-refractivity contribution in [3.05, 3.63) is 24.3 Å². The van der Waals surface area contributed by atoms with E-state index in [1.54, 1.807) is 7.11 Å². The molecule has 0 aliphatic carbocycles. The molecule has 4 heteroatoms. The second-order valence-corrected chi connectivity index (χ2v) is 6.76. The third-order valence-corrected chi connectivity index (χ3v) is 5.75. The van der Waals surface area contributed by atoms with E-state index in [9.17, 15) is 0 Å². The summed E-state index contributed by atoms with van der Waals surface area (Å²) in [4.78, 5) is 0. The van der Waals surface area contributed by atoms with Gasteiger partial charge in [0.05, 0.1) is 13.7 Å². The van der Waals surface area contributed by atoms with Gasteiger partial charge in [0.2, 0.25) is 0 Å². The summed E-state index contributed by atoms with van der Waals surface area (Å²) in [5, 5.41) is 1.99. The van der Waals surface area contributed by atoms with E-state index in [1.807, 2.05) is 24.3 Å². The van der Waals surface area contributed by atoms with E-state index in [0.717, 1.165) is 35.2 Å². The molecular formula is C16H24Br2O2. The van der Waals surface area contributed by atoms with Gasteiger partial charge in [-0.3, -0.25) is 0 Å². The summed E-state index contributed by atoms with van der Waals surface area (Å²) in [6.45, 7) is 5.27. The smallest absolute Gasteiger partial charge is 0.119 e. The fourth-order valence-electron chi connectivity index (χ4n) is 2.30. The summed E-state index contributed by atoms with van der Waals surface area (Å²) in [7, 11) is 1.67. The van der Waals surface area contributed by atoms with Gasteiger partial charge < -0.3 is 9.47 Å². The molecule has 1 aromatic carbocycles. The van der Waals surface area contributed by atoms with Gasteiger partial charge in [-0.15, -0.1) is 0 Å². The Labute approximate surface area is 139 Å². The maximum atomic E-state index is 5.85. The Kier molecular flexibility index (Phi) is 7.96. The van der Waals surface area contributed by atoms with Gasteiger partial charge in [0, 0.05) is 10.7 Å². The molecule has 114 valence electrons. The molecule has 0 aliphatic heterocycles. The maximum Gasteiger partial charge on any atom is 0.119 e. The summed E-state index contributed by atoms with van der Waals surface area (Å²) in [6, 6.07) is 7.74. The van der Waals surface area contributed by atoms with Crippen LogP contribution in [0.4, 0.5) is 0 Å². The number of halogens is 2. The predicted molar refractivity (Wildman–Crippen MR) is 92.6 cm³/mol. The van der Waals surface area contributed by atoms with Gasteiger partial charge in [-0.2, -0.15) is 0 Å². The molecule has 0 bridgehead atoms. The van der Waals surface area contributed by atoms with Crippen molar-refractivity contribution in [2.45, 2.75) is 26.7 Å². The zero-order valence-corrected chi connectivity index (χ0v) is 15.7. The van der Waals surface area contributed by atoms with Crippen LogP contribution in [0.5, 0.6) is 11.5 Å². The van der Waals surface area contributed by atoms with Crippen molar-refractivity contribution in [3.63, 3.8) is 0 Å². The lowest BCUT2D eigenvalue weighted by molar-refractivity contribution is 0.210. The van der Waals surface area contributed by atoms with Gasteiger partial charge in [-0.1, -0.05) is 45.7 Å². The molecule has 1 aromatic rings. The third kappa shape index (κ3) is 5.65. The van der Waals surface area contributed by atoms with Crippen LogP contribution in [0, 0.1) is 11.3 Å². The standard InChI is InChI=1S/C16H24Br2O2/c1-13(2)10-16(11-17,12-18)8-9-20-15-6-4-14(19-3)5-7-15/h4-7,13H,8-12H2,1-3H3. The van der Waals surface area contributed by atoms with E-state index < -0.39 is 0 Å². The number of ether oxygens (including phenoxy) is 2. The highest BCUT2D eigenvalue weighted by Gasteiger charge is 2.28. The lowest BCUT2D eigenvalue weighted by Crippen LogP contribution is -2.29. The molecule has 0 radical (unpaired) electrons. The van der Waals surface area contributed by atoms with Crippen molar-refractivity contribution >= 4 is 31.9 Å². The molecule has 0 heterocycles. The average molecular weight is 408 g/mol. The van der Waals surface area contributed by atoms with E-state index in [0.29, 0.717) is 5.92 Å². The first kappa shape index (κ1) is 17.8. The fraction of sp³-hybridized carbons (Fsp3) is 0.625. The van der Waals surface area contributed by atoms with E-state index in [4.69, 9.17) is 9.47 Å². The number of benzene rings is 1. The SMILES string of the molecule is COc1ccc(OCCC(CBr)(CBr)CC(C)C)cc1. The van der Waals surface area contributed by atoms with Crippen molar-refractivity contribution in [3.8, 4) is 11.5 Å². The second kappa shape index (κ2) is 8.93. The minimum Gasteiger partial charge on any atom is -0.497 e.